The zero-order chi connectivity index (χ0) is 13.8. The van der Waals surface area contributed by atoms with Gasteiger partial charge in [0.1, 0.15) is 11.7 Å². The number of nitrogens with one attached hydrogen (secondary N) is 1. The van der Waals surface area contributed by atoms with E-state index in [2.05, 4.69) is 9.88 Å². The lowest BCUT2D eigenvalue weighted by Crippen LogP contribution is -2.32. The largest absolute Gasteiger partial charge is 0.396 e. The number of amidine groups is 1. The lowest BCUT2D eigenvalue weighted by molar-refractivity contribution is 0.279. The highest BCUT2D eigenvalue weighted by Crippen LogP contribution is 2.29. The van der Waals surface area contributed by atoms with Crippen molar-refractivity contribution in [2.45, 2.75) is 38.6 Å². The smallest absolute Gasteiger partial charge is 0.140 e. The maximum atomic E-state index is 8.98. The van der Waals surface area contributed by atoms with E-state index in [0.29, 0.717) is 11.6 Å². The Labute approximate surface area is 114 Å². The van der Waals surface area contributed by atoms with Crippen LogP contribution < -0.4 is 10.6 Å². The molecule has 1 aromatic rings. The van der Waals surface area contributed by atoms with Gasteiger partial charge in [-0.25, -0.2) is 4.98 Å². The number of pyridine rings is 1. The predicted octanol–water partition coefficient (Wildman–Crippen LogP) is 1.42. The molecule has 1 aliphatic heterocycles. The van der Waals surface area contributed by atoms with Gasteiger partial charge in [0.2, 0.25) is 0 Å². The van der Waals surface area contributed by atoms with Crippen molar-refractivity contribution in [1.29, 1.82) is 5.41 Å². The second kappa shape index (κ2) is 6.02. The van der Waals surface area contributed by atoms with Gasteiger partial charge in [0.25, 0.3) is 0 Å². The Morgan fingerprint density at radius 2 is 2.37 bits per heavy atom. The third-order valence-corrected chi connectivity index (χ3v) is 3.65. The van der Waals surface area contributed by atoms with E-state index in [9.17, 15) is 0 Å². The van der Waals surface area contributed by atoms with E-state index in [4.69, 9.17) is 16.2 Å². The van der Waals surface area contributed by atoms with Crippen LogP contribution in [0.15, 0.2) is 12.1 Å². The van der Waals surface area contributed by atoms with Gasteiger partial charge in [-0.3, -0.25) is 5.41 Å². The van der Waals surface area contributed by atoms with E-state index in [1.54, 1.807) is 0 Å². The fourth-order valence-corrected chi connectivity index (χ4v) is 2.71. The molecule has 1 aliphatic rings. The average Bonchev–Trinajstić information content (AvgIpc) is 2.83. The molecular weight excluding hydrogens is 240 g/mol. The summed E-state index contributed by atoms with van der Waals surface area (Å²) in [4.78, 5) is 6.83. The molecule has 0 amide bonds. The van der Waals surface area contributed by atoms with Gasteiger partial charge in [0, 0.05) is 24.9 Å². The number of rotatable bonds is 5. The fourth-order valence-electron chi connectivity index (χ4n) is 2.71. The number of nitrogens with zero attached hydrogens (tertiary/aromatic N) is 2. The molecule has 2 rings (SSSR count). The van der Waals surface area contributed by atoms with Gasteiger partial charge in [-0.2, -0.15) is 0 Å². The molecule has 4 N–H and O–H groups in total. The van der Waals surface area contributed by atoms with Crippen LogP contribution in [0.3, 0.4) is 0 Å². The molecular formula is C14H22N4O. The van der Waals surface area contributed by atoms with Gasteiger partial charge in [-0.15, -0.1) is 0 Å². The van der Waals surface area contributed by atoms with Gasteiger partial charge in [0.15, 0.2) is 0 Å². The van der Waals surface area contributed by atoms with Gasteiger partial charge in [0.05, 0.1) is 5.56 Å². The number of aryl methyl sites for hydroxylation is 1. The number of nitrogen functional groups attached to an aromatic ring is 1. The number of aliphatic hydroxyl groups is 1. The molecule has 0 saturated carbocycles. The molecule has 0 aliphatic carbocycles. The van der Waals surface area contributed by atoms with Crippen LogP contribution in [-0.2, 0) is 0 Å². The van der Waals surface area contributed by atoms with Crippen molar-refractivity contribution in [2.75, 3.05) is 18.1 Å². The summed E-state index contributed by atoms with van der Waals surface area (Å²) in [5.74, 6) is 0.892. The molecule has 2 heterocycles. The molecule has 104 valence electrons. The van der Waals surface area contributed by atoms with Crippen LogP contribution in [0.5, 0.6) is 0 Å². The van der Waals surface area contributed by atoms with Crippen LogP contribution in [0.4, 0.5) is 5.82 Å². The van der Waals surface area contributed by atoms with Gasteiger partial charge in [-0.1, -0.05) is 0 Å². The molecule has 1 fully saturated rings. The highest BCUT2D eigenvalue weighted by atomic mass is 16.2. The Morgan fingerprint density at radius 1 is 1.58 bits per heavy atom. The molecule has 1 aromatic heterocycles. The normalized spacial score (nSPS) is 18.8. The molecule has 0 radical (unpaired) electrons. The minimum atomic E-state index is 0.0651. The maximum absolute atomic E-state index is 8.98. The third-order valence-electron chi connectivity index (χ3n) is 3.65. The second-order valence-electron chi connectivity index (χ2n) is 5.09. The van der Waals surface area contributed by atoms with Gasteiger partial charge >= 0.3 is 0 Å². The molecule has 1 saturated heterocycles. The lowest BCUT2D eigenvalue weighted by Gasteiger charge is -2.27. The predicted molar refractivity (Wildman–Crippen MR) is 76.7 cm³/mol. The zero-order valence-electron chi connectivity index (χ0n) is 11.4. The van der Waals surface area contributed by atoms with Gasteiger partial charge in [-0.05, 0) is 44.7 Å². The van der Waals surface area contributed by atoms with E-state index in [1.807, 2.05) is 19.1 Å². The Kier molecular flexibility index (Phi) is 4.37. The number of hydrogen-bond donors (Lipinski definition) is 3. The molecule has 1 unspecified atom stereocenters. The van der Waals surface area contributed by atoms with Crippen LogP contribution in [0.25, 0.3) is 0 Å². The van der Waals surface area contributed by atoms with Crippen LogP contribution >= 0.6 is 0 Å². The topological polar surface area (TPSA) is 86.2 Å². The molecule has 5 heteroatoms. The molecule has 5 nitrogen and oxygen atoms in total. The molecule has 19 heavy (non-hydrogen) atoms. The van der Waals surface area contributed by atoms with Crippen LogP contribution in [-0.4, -0.2) is 35.1 Å². The molecule has 0 bridgehead atoms. The molecule has 1 atom stereocenters. The fraction of sp³-hybridized carbons (Fsp3) is 0.571. The van der Waals surface area contributed by atoms with E-state index < -0.39 is 0 Å². The Balaban J connectivity index is 2.28. The summed E-state index contributed by atoms with van der Waals surface area (Å²) < 4.78 is 0. The summed E-state index contributed by atoms with van der Waals surface area (Å²) in [5, 5.41) is 16.7. The van der Waals surface area contributed by atoms with Crippen molar-refractivity contribution in [2.24, 2.45) is 5.73 Å². The first-order chi connectivity index (χ1) is 9.13. The maximum Gasteiger partial charge on any atom is 0.140 e. The summed E-state index contributed by atoms with van der Waals surface area (Å²) in [6.07, 6.45) is 4.02. The number of hydrogen-bond acceptors (Lipinski definition) is 4. The van der Waals surface area contributed by atoms with E-state index in [1.165, 1.54) is 0 Å². The van der Waals surface area contributed by atoms with E-state index in [0.717, 1.165) is 43.7 Å². The van der Waals surface area contributed by atoms with Crippen molar-refractivity contribution in [3.8, 4) is 0 Å². The van der Waals surface area contributed by atoms with Crippen LogP contribution in [0.2, 0.25) is 0 Å². The van der Waals surface area contributed by atoms with Crippen LogP contribution in [0.1, 0.15) is 36.9 Å². The summed E-state index contributed by atoms with van der Waals surface area (Å²) >= 11 is 0. The average molecular weight is 262 g/mol. The number of nitrogens with two attached hydrogens (primary N) is 1. The number of aromatic nitrogens is 1. The molecule has 0 spiro atoms. The first-order valence-corrected chi connectivity index (χ1v) is 6.83. The monoisotopic (exact) mass is 262 g/mol. The zero-order valence-corrected chi connectivity index (χ0v) is 11.4. The van der Waals surface area contributed by atoms with Crippen molar-refractivity contribution >= 4 is 11.7 Å². The Hall–Kier alpha value is -1.62. The lowest BCUT2D eigenvalue weighted by atomic mass is 10.1. The van der Waals surface area contributed by atoms with Crippen molar-refractivity contribution in [1.82, 2.24) is 4.98 Å². The third kappa shape index (κ3) is 3.04. The first kappa shape index (κ1) is 13.8. The second-order valence-corrected chi connectivity index (χ2v) is 5.09. The Bertz CT molecular complexity index is 461. The quantitative estimate of drug-likeness (QED) is 0.553. The summed E-state index contributed by atoms with van der Waals surface area (Å²) in [6.45, 7) is 3.13. The summed E-state index contributed by atoms with van der Waals surface area (Å²) in [5.41, 5.74) is 7.30. The van der Waals surface area contributed by atoms with Crippen LogP contribution in [0, 0.1) is 12.3 Å². The SMILES string of the molecule is Cc1ccc(C(=N)N)c(N2CCCC2CCCO)n1. The van der Waals surface area contributed by atoms with Crippen molar-refractivity contribution in [3.63, 3.8) is 0 Å². The Morgan fingerprint density at radius 3 is 3.05 bits per heavy atom. The highest BCUT2D eigenvalue weighted by Gasteiger charge is 2.27. The number of aliphatic hydroxyl groups excluding tert-OH is 1. The molecule has 0 aromatic carbocycles. The van der Waals surface area contributed by atoms with Gasteiger partial charge < -0.3 is 15.7 Å². The minimum Gasteiger partial charge on any atom is -0.396 e. The van der Waals surface area contributed by atoms with E-state index in [-0.39, 0.29) is 12.4 Å². The summed E-state index contributed by atoms with van der Waals surface area (Å²) in [6, 6.07) is 4.17. The summed E-state index contributed by atoms with van der Waals surface area (Å²) in [7, 11) is 0. The minimum absolute atomic E-state index is 0.0651. The van der Waals surface area contributed by atoms with E-state index >= 15 is 0 Å². The van der Waals surface area contributed by atoms with Crippen molar-refractivity contribution in [3.05, 3.63) is 23.4 Å². The number of anilines is 1. The first-order valence-electron chi connectivity index (χ1n) is 6.83. The highest BCUT2D eigenvalue weighted by molar-refractivity contribution is 5.99. The standard InChI is InChI=1S/C14H22N4O/c1-10-6-7-12(13(15)16)14(17-10)18-8-2-4-11(18)5-3-9-19/h6-7,11,19H,2-5,8-9H2,1H3,(H3,15,16). The van der Waals surface area contributed by atoms with Crippen molar-refractivity contribution < 1.29 is 5.11 Å².